The van der Waals surface area contributed by atoms with E-state index in [4.69, 9.17) is 5.11 Å². The van der Waals surface area contributed by atoms with Gasteiger partial charge < -0.3 is 15.3 Å². The number of fused-ring (bicyclic) bond motifs is 1. The van der Waals surface area contributed by atoms with Crippen molar-refractivity contribution in [2.45, 2.75) is 19.9 Å². The van der Waals surface area contributed by atoms with Crippen LogP contribution < -0.4 is 10.2 Å². The molecule has 3 rings (SSSR count). The van der Waals surface area contributed by atoms with Crippen LogP contribution in [-0.2, 0) is 0 Å². The first-order valence-corrected chi connectivity index (χ1v) is 9.80. The van der Waals surface area contributed by atoms with Crippen LogP contribution in [0.2, 0.25) is 0 Å². The van der Waals surface area contributed by atoms with Gasteiger partial charge in [-0.15, -0.1) is 22.7 Å². The molecule has 7 nitrogen and oxygen atoms in total. The summed E-state index contributed by atoms with van der Waals surface area (Å²) >= 11 is 3.97. The summed E-state index contributed by atoms with van der Waals surface area (Å²) in [4.78, 5) is 35.9. The lowest BCUT2D eigenvalue weighted by Crippen LogP contribution is -2.25. The summed E-state index contributed by atoms with van der Waals surface area (Å²) in [6.45, 7) is 3.44. The van der Waals surface area contributed by atoms with Crippen LogP contribution >= 0.6 is 34.0 Å². The standard InChI is InChI=1S/C15H16N4O3S3/c1-6-10(14(21)22)25-12(17-6)7(2)16-11(20)8-5-9-13(23-8)18-15(24-9)19(3)4/h5,7H,1-4H3,(H,16,20)(H,21,22). The quantitative estimate of drug-likeness (QED) is 0.686. The fraction of sp³-hybridized carbons (Fsp3) is 0.333. The molecule has 3 aromatic heterocycles. The van der Waals surface area contributed by atoms with Gasteiger partial charge in [-0.05, 0) is 19.9 Å². The Bertz CT molecular complexity index is 925. The van der Waals surface area contributed by atoms with Gasteiger partial charge in [-0.1, -0.05) is 11.3 Å². The Balaban J connectivity index is 1.76. The molecule has 2 N–H and O–H groups in total. The first kappa shape index (κ1) is 17.8. The predicted molar refractivity (Wildman–Crippen MR) is 102 cm³/mol. The number of carboxylic acid groups (broad SMARTS) is 1. The number of aryl methyl sites for hydroxylation is 1. The molecular weight excluding hydrogens is 380 g/mol. The van der Waals surface area contributed by atoms with Crippen molar-refractivity contribution in [1.29, 1.82) is 0 Å². The second kappa shape index (κ2) is 6.70. The van der Waals surface area contributed by atoms with Gasteiger partial charge in [-0.2, -0.15) is 0 Å². The van der Waals surface area contributed by atoms with E-state index in [0.717, 1.165) is 26.0 Å². The zero-order valence-electron chi connectivity index (χ0n) is 14.0. The van der Waals surface area contributed by atoms with Crippen molar-refractivity contribution in [3.05, 3.63) is 26.5 Å². The summed E-state index contributed by atoms with van der Waals surface area (Å²) < 4.78 is 0.977. The number of nitrogens with zero attached hydrogens (tertiary/aromatic N) is 3. The zero-order chi connectivity index (χ0) is 18.3. The van der Waals surface area contributed by atoms with Gasteiger partial charge in [0, 0.05) is 14.1 Å². The fourth-order valence-electron chi connectivity index (χ4n) is 2.16. The molecule has 3 aromatic rings. The van der Waals surface area contributed by atoms with Crippen molar-refractivity contribution in [1.82, 2.24) is 15.3 Å². The number of thiophene rings is 1. The number of carbonyl (C=O) groups is 2. The average Bonchev–Trinajstić information content (AvgIpc) is 3.18. The van der Waals surface area contributed by atoms with Crippen LogP contribution in [0.15, 0.2) is 6.07 Å². The van der Waals surface area contributed by atoms with Gasteiger partial charge >= 0.3 is 5.97 Å². The topological polar surface area (TPSA) is 95.4 Å². The largest absolute Gasteiger partial charge is 0.477 e. The Morgan fingerprint density at radius 3 is 2.52 bits per heavy atom. The summed E-state index contributed by atoms with van der Waals surface area (Å²) in [6.07, 6.45) is 0. The van der Waals surface area contributed by atoms with E-state index in [-0.39, 0.29) is 16.8 Å². The lowest BCUT2D eigenvalue weighted by molar-refractivity contribution is 0.0701. The third-order valence-electron chi connectivity index (χ3n) is 3.41. The molecule has 0 radical (unpaired) electrons. The molecule has 1 unspecified atom stereocenters. The Labute approximate surface area is 156 Å². The number of rotatable bonds is 5. The highest BCUT2D eigenvalue weighted by Crippen LogP contribution is 2.34. The second-order valence-electron chi connectivity index (χ2n) is 5.64. The van der Waals surface area contributed by atoms with Gasteiger partial charge in [0.25, 0.3) is 5.91 Å². The summed E-state index contributed by atoms with van der Waals surface area (Å²) in [5, 5.41) is 13.5. The van der Waals surface area contributed by atoms with E-state index in [9.17, 15) is 9.59 Å². The number of hydrogen-bond donors (Lipinski definition) is 2. The maximum absolute atomic E-state index is 12.5. The summed E-state index contributed by atoms with van der Waals surface area (Å²) in [5.41, 5.74) is 0.464. The van der Waals surface area contributed by atoms with Crippen molar-refractivity contribution in [2.75, 3.05) is 19.0 Å². The first-order chi connectivity index (χ1) is 11.8. The van der Waals surface area contributed by atoms with Crippen LogP contribution in [0.1, 0.15) is 43.0 Å². The van der Waals surface area contributed by atoms with Gasteiger partial charge in [-0.25, -0.2) is 14.8 Å². The third-order valence-corrected chi connectivity index (χ3v) is 7.06. The Hall–Kier alpha value is -2.04. The molecule has 0 saturated heterocycles. The Kier molecular flexibility index (Phi) is 4.76. The maximum Gasteiger partial charge on any atom is 0.347 e. The van der Waals surface area contributed by atoms with Gasteiger partial charge in [0.2, 0.25) is 0 Å². The minimum atomic E-state index is -0.999. The van der Waals surface area contributed by atoms with Gasteiger partial charge in [-0.3, -0.25) is 4.79 Å². The SMILES string of the molecule is Cc1nc(C(C)NC(=O)c2cc3sc(N(C)C)nc3s2)sc1C(=O)O. The number of carboxylic acids is 1. The highest BCUT2D eigenvalue weighted by molar-refractivity contribution is 7.29. The lowest BCUT2D eigenvalue weighted by Gasteiger charge is -2.10. The molecule has 0 aliphatic heterocycles. The van der Waals surface area contributed by atoms with Gasteiger partial charge in [0.1, 0.15) is 14.7 Å². The van der Waals surface area contributed by atoms with E-state index >= 15 is 0 Å². The van der Waals surface area contributed by atoms with E-state index in [0.29, 0.717) is 15.6 Å². The Morgan fingerprint density at radius 1 is 1.24 bits per heavy atom. The molecule has 1 atom stereocenters. The zero-order valence-corrected chi connectivity index (χ0v) is 16.4. The molecule has 0 aromatic carbocycles. The minimum Gasteiger partial charge on any atom is -0.477 e. The summed E-state index contributed by atoms with van der Waals surface area (Å²) in [5.74, 6) is -1.21. The van der Waals surface area contributed by atoms with Crippen molar-refractivity contribution in [2.24, 2.45) is 0 Å². The summed E-state index contributed by atoms with van der Waals surface area (Å²) in [6, 6.07) is 1.47. The van der Waals surface area contributed by atoms with Crippen molar-refractivity contribution in [3.8, 4) is 0 Å². The molecule has 132 valence electrons. The van der Waals surface area contributed by atoms with Crippen LogP contribution in [0.4, 0.5) is 5.13 Å². The minimum absolute atomic E-state index is 0.202. The highest BCUT2D eigenvalue weighted by atomic mass is 32.1. The number of anilines is 1. The number of amides is 1. The van der Waals surface area contributed by atoms with Crippen molar-refractivity contribution in [3.63, 3.8) is 0 Å². The Morgan fingerprint density at radius 2 is 1.96 bits per heavy atom. The molecule has 3 heterocycles. The van der Waals surface area contributed by atoms with E-state index in [1.165, 1.54) is 22.7 Å². The smallest absolute Gasteiger partial charge is 0.347 e. The van der Waals surface area contributed by atoms with Crippen LogP contribution in [0.5, 0.6) is 0 Å². The fourth-order valence-corrected chi connectivity index (χ4v) is 5.10. The third kappa shape index (κ3) is 3.51. The number of thiazole rings is 2. The molecule has 1 amide bonds. The predicted octanol–water partition coefficient (Wildman–Crippen LogP) is 3.38. The molecule has 0 saturated carbocycles. The molecule has 0 bridgehead atoms. The summed E-state index contributed by atoms with van der Waals surface area (Å²) in [7, 11) is 3.86. The van der Waals surface area contributed by atoms with Crippen LogP contribution in [0, 0.1) is 6.92 Å². The van der Waals surface area contributed by atoms with E-state index in [2.05, 4.69) is 15.3 Å². The van der Waals surface area contributed by atoms with Crippen LogP contribution in [-0.4, -0.2) is 41.0 Å². The number of aromatic carboxylic acids is 1. The molecule has 0 aliphatic carbocycles. The van der Waals surface area contributed by atoms with Crippen LogP contribution in [0.25, 0.3) is 9.53 Å². The molecule has 0 aliphatic rings. The maximum atomic E-state index is 12.5. The van der Waals surface area contributed by atoms with Crippen molar-refractivity contribution < 1.29 is 14.7 Å². The lowest BCUT2D eigenvalue weighted by atomic mass is 10.3. The van der Waals surface area contributed by atoms with Crippen molar-refractivity contribution >= 4 is 60.5 Å². The molecular formula is C15H16N4O3S3. The normalized spacial score (nSPS) is 12.3. The molecule has 10 heteroatoms. The second-order valence-corrected chi connectivity index (χ2v) is 8.71. The number of aromatic nitrogens is 2. The number of carbonyl (C=O) groups excluding carboxylic acids is 1. The molecule has 0 spiro atoms. The molecule has 0 fully saturated rings. The monoisotopic (exact) mass is 396 g/mol. The van der Waals surface area contributed by atoms with Gasteiger partial charge in [0.15, 0.2) is 5.13 Å². The first-order valence-electron chi connectivity index (χ1n) is 7.35. The van der Waals surface area contributed by atoms with E-state index in [1.54, 1.807) is 13.8 Å². The van der Waals surface area contributed by atoms with E-state index < -0.39 is 5.97 Å². The van der Waals surface area contributed by atoms with E-state index in [1.807, 2.05) is 25.1 Å². The molecule has 25 heavy (non-hydrogen) atoms. The number of hydrogen-bond acceptors (Lipinski definition) is 8. The highest BCUT2D eigenvalue weighted by Gasteiger charge is 2.21. The number of nitrogens with one attached hydrogen (secondary N) is 1. The average molecular weight is 397 g/mol. The van der Waals surface area contributed by atoms with Gasteiger partial charge in [0.05, 0.1) is 21.3 Å². The van der Waals surface area contributed by atoms with Crippen LogP contribution in [0.3, 0.4) is 0 Å².